The second-order valence-electron chi connectivity index (χ2n) is 7.33. The van der Waals surface area contributed by atoms with Crippen LogP contribution in [-0.4, -0.2) is 6.22 Å². The molecule has 2 aliphatic carbocycles. The van der Waals surface area contributed by atoms with Gasteiger partial charge in [-0.05, 0) is 0 Å². The Labute approximate surface area is 194 Å². The maximum absolute atomic E-state index is 2.56. The van der Waals surface area contributed by atoms with Gasteiger partial charge in [-0.1, -0.05) is 0 Å². The van der Waals surface area contributed by atoms with Crippen molar-refractivity contribution >= 4 is 18.4 Å². The van der Waals surface area contributed by atoms with Crippen LogP contribution in [0.4, 0.5) is 0 Å². The first kappa shape index (κ1) is 22.5. The third-order valence-electron chi connectivity index (χ3n) is 5.73. The molecule has 0 saturated heterocycles. The molecule has 29 heavy (non-hydrogen) atoms. The molecule has 2 unspecified atom stereocenters. The predicted molar refractivity (Wildman–Crippen MR) is 114 cm³/mol. The summed E-state index contributed by atoms with van der Waals surface area (Å²) in [5, 5.41) is 0. The molecule has 0 heterocycles. The van der Waals surface area contributed by atoms with Crippen molar-refractivity contribution < 1.29 is 44.9 Å². The quantitative estimate of drug-likeness (QED) is 0.362. The first-order valence-corrected chi connectivity index (χ1v) is 21.4. The minimum absolute atomic E-state index is 0. The Morgan fingerprint density at radius 3 is 1.66 bits per heavy atom. The number of allylic oxidation sites excluding steroid dienone is 2. The summed E-state index contributed by atoms with van der Waals surface area (Å²) >= 11 is -2.00. The topological polar surface area (TPSA) is 0 Å². The van der Waals surface area contributed by atoms with Crippen molar-refractivity contribution in [3.05, 3.63) is 119 Å². The number of halogens is 2. The molecule has 4 heteroatoms. The van der Waals surface area contributed by atoms with Gasteiger partial charge in [0.15, 0.2) is 0 Å². The van der Waals surface area contributed by atoms with Crippen LogP contribution < -0.4 is 24.8 Å². The zero-order valence-corrected chi connectivity index (χ0v) is 22.3. The fourth-order valence-corrected chi connectivity index (χ4v) is 29.1. The molecule has 0 aliphatic heterocycles. The SMILES string of the molecule is C1=C[CH]([Hf+2](=[SiH]Cc2ccccc2)[CH]2C=Cc3ccccc32)c2ccccc21.[Cl-].[Cl-]. The smallest absolute Gasteiger partial charge is 1.00 e. The molecule has 0 fully saturated rings. The summed E-state index contributed by atoms with van der Waals surface area (Å²) in [5.74, 6) is 0. The summed E-state index contributed by atoms with van der Waals surface area (Å²) in [6, 6.07) is 30.6. The van der Waals surface area contributed by atoms with Gasteiger partial charge in [0.1, 0.15) is 0 Å². The maximum Gasteiger partial charge on any atom is -1.00 e. The van der Waals surface area contributed by atoms with Crippen LogP contribution in [0, 0.1) is 0 Å². The van der Waals surface area contributed by atoms with Crippen molar-refractivity contribution in [2.45, 2.75) is 13.4 Å². The molecule has 0 amide bonds. The average molecular weight is 600 g/mol. The summed E-state index contributed by atoms with van der Waals surface area (Å²) in [6.45, 7) is 0. The minimum Gasteiger partial charge on any atom is -1.00 e. The Hall–Kier alpha value is -1.19. The van der Waals surface area contributed by atoms with Crippen LogP contribution in [0.15, 0.2) is 91.0 Å². The molecule has 0 radical (unpaired) electrons. The van der Waals surface area contributed by atoms with Gasteiger partial charge >= 0.3 is 171 Å². The Kier molecular flexibility index (Phi) is 7.92. The number of hydrogen-bond acceptors (Lipinski definition) is 0. The van der Waals surface area contributed by atoms with E-state index in [1.165, 1.54) is 22.7 Å². The van der Waals surface area contributed by atoms with Crippen molar-refractivity contribution in [2.24, 2.45) is 0 Å². The van der Waals surface area contributed by atoms with Crippen LogP contribution in [0.1, 0.15) is 35.2 Å². The second-order valence-corrected chi connectivity index (χ2v) is 26.1. The summed E-state index contributed by atoms with van der Waals surface area (Å²) in [7, 11) is 0. The molecule has 0 spiro atoms. The Bertz CT molecular complexity index is 1010. The van der Waals surface area contributed by atoms with E-state index in [4.69, 9.17) is 0 Å². The molecular formula is C25H22Cl2HfSi. The first-order chi connectivity index (χ1) is 13.4. The van der Waals surface area contributed by atoms with Crippen LogP contribution in [0.25, 0.3) is 12.2 Å². The molecular weight excluding hydrogens is 578 g/mol. The van der Waals surface area contributed by atoms with E-state index in [1.54, 1.807) is 11.1 Å². The van der Waals surface area contributed by atoms with E-state index in [9.17, 15) is 0 Å². The number of fused-ring (bicyclic) bond motifs is 2. The predicted octanol–water partition coefficient (Wildman–Crippen LogP) is -0.299. The van der Waals surface area contributed by atoms with Gasteiger partial charge in [-0.2, -0.15) is 0 Å². The zero-order chi connectivity index (χ0) is 18.1. The fraction of sp³-hybridized carbons (Fsp3) is 0.120. The molecule has 2 atom stereocenters. The molecule has 2 aliphatic rings. The molecule has 0 bridgehead atoms. The van der Waals surface area contributed by atoms with E-state index >= 15 is 0 Å². The number of hydrogen-bond donors (Lipinski definition) is 0. The van der Waals surface area contributed by atoms with E-state index in [1.807, 2.05) is 0 Å². The largest absolute Gasteiger partial charge is 1.00 e. The summed E-state index contributed by atoms with van der Waals surface area (Å²) in [6.07, 6.45) is 10.4. The Morgan fingerprint density at radius 1 is 0.621 bits per heavy atom. The van der Waals surface area contributed by atoms with Crippen LogP contribution in [0.3, 0.4) is 0 Å². The van der Waals surface area contributed by atoms with Gasteiger partial charge in [-0.15, -0.1) is 0 Å². The van der Waals surface area contributed by atoms with Crippen LogP contribution >= 0.6 is 0 Å². The minimum atomic E-state index is -2.00. The van der Waals surface area contributed by atoms with Gasteiger partial charge in [0.05, 0.1) is 0 Å². The van der Waals surface area contributed by atoms with Crippen molar-refractivity contribution in [3.63, 3.8) is 0 Å². The third kappa shape index (κ3) is 4.61. The second kappa shape index (κ2) is 10.2. The first-order valence-electron chi connectivity index (χ1n) is 9.68. The summed E-state index contributed by atoms with van der Waals surface area (Å²) in [5.41, 5.74) is 7.66. The number of rotatable bonds is 4. The van der Waals surface area contributed by atoms with Gasteiger partial charge < -0.3 is 24.8 Å². The van der Waals surface area contributed by atoms with E-state index < -0.39 is 20.1 Å². The van der Waals surface area contributed by atoms with Crippen LogP contribution in [-0.2, 0) is 26.1 Å². The van der Waals surface area contributed by atoms with E-state index in [2.05, 4.69) is 103 Å². The molecule has 0 saturated carbocycles. The van der Waals surface area contributed by atoms with E-state index in [0.29, 0.717) is 6.22 Å². The maximum atomic E-state index is 2.56. The zero-order valence-electron chi connectivity index (χ0n) is 16.0. The molecule has 0 nitrogen and oxygen atoms in total. The van der Waals surface area contributed by atoms with Crippen molar-refractivity contribution in [3.8, 4) is 0 Å². The molecule has 0 N–H and O–H groups in total. The Balaban J connectivity index is 0.00000120. The van der Waals surface area contributed by atoms with Gasteiger partial charge in [-0.3, -0.25) is 0 Å². The summed E-state index contributed by atoms with van der Waals surface area (Å²) < 4.78 is 1.48. The normalized spacial score (nSPS) is 17.3. The van der Waals surface area contributed by atoms with E-state index in [0.717, 1.165) is 7.35 Å². The van der Waals surface area contributed by atoms with Gasteiger partial charge in [-0.25, -0.2) is 0 Å². The van der Waals surface area contributed by atoms with Gasteiger partial charge in [0.25, 0.3) is 0 Å². The molecule has 144 valence electrons. The van der Waals surface area contributed by atoms with Crippen molar-refractivity contribution in [1.29, 1.82) is 0 Å². The third-order valence-corrected chi connectivity index (χ3v) is 28.8. The van der Waals surface area contributed by atoms with E-state index in [-0.39, 0.29) is 24.8 Å². The van der Waals surface area contributed by atoms with Crippen LogP contribution in [0.5, 0.6) is 0 Å². The van der Waals surface area contributed by atoms with Crippen LogP contribution in [0.2, 0.25) is 0 Å². The van der Waals surface area contributed by atoms with Crippen molar-refractivity contribution in [2.75, 3.05) is 0 Å². The molecule has 3 aromatic rings. The molecule has 3 aromatic carbocycles. The average Bonchev–Trinajstić information content (AvgIpc) is 3.34. The van der Waals surface area contributed by atoms with Crippen molar-refractivity contribution in [1.82, 2.24) is 0 Å². The Morgan fingerprint density at radius 2 is 1.10 bits per heavy atom. The van der Waals surface area contributed by atoms with Gasteiger partial charge in [0, 0.05) is 0 Å². The molecule has 5 rings (SSSR count). The van der Waals surface area contributed by atoms with Gasteiger partial charge in [0.2, 0.25) is 0 Å². The standard InChI is InChI=1S/2C9H7.C7H8Si.2ClH.Hf/c2*1-2-5-9-7-3-6-8(9)4-1;8-6-7-4-2-1-3-5-7;;;/h2*1-7H;1-5,8H,6H2;2*1H;/q;;;;;+2/p-2. The number of benzene rings is 3. The fourth-order valence-electron chi connectivity index (χ4n) is 4.38. The summed E-state index contributed by atoms with van der Waals surface area (Å²) in [4.78, 5) is 0. The molecule has 0 aromatic heterocycles. The monoisotopic (exact) mass is 600 g/mol.